The summed E-state index contributed by atoms with van der Waals surface area (Å²) in [7, 11) is 0. The van der Waals surface area contributed by atoms with Crippen molar-refractivity contribution >= 4 is 5.78 Å². The molecule has 0 aliphatic rings. The third kappa shape index (κ3) is 2.25. The molecule has 0 N–H and O–H groups in total. The molecule has 1 rings (SSSR count). The van der Waals surface area contributed by atoms with E-state index in [9.17, 15) is 9.18 Å². The number of carbonyl (C=O) groups is 1. The van der Waals surface area contributed by atoms with Crippen molar-refractivity contribution in [3.05, 3.63) is 47.8 Å². The Morgan fingerprint density at radius 1 is 1.62 bits per heavy atom. The molecule has 1 nitrogen and oxygen atoms in total. The second kappa shape index (κ2) is 3.99. The average Bonchev–Trinajstić information content (AvgIpc) is 2.08. The third-order valence-electron chi connectivity index (χ3n) is 1.79. The lowest BCUT2D eigenvalue weighted by atomic mass is 10.1. The maximum atomic E-state index is 13.0. The Bertz CT molecular complexity index is 342. The number of carbonyl (C=O) groups excluding carboxylic acids is 1. The van der Waals surface area contributed by atoms with Gasteiger partial charge < -0.3 is 0 Å². The van der Waals surface area contributed by atoms with Gasteiger partial charge in [0.25, 0.3) is 0 Å². The monoisotopic (exact) mass is 178 g/mol. The molecule has 1 aromatic carbocycles. The fourth-order valence-electron chi connectivity index (χ4n) is 1.14. The van der Waals surface area contributed by atoms with Crippen LogP contribution in [0.3, 0.4) is 0 Å². The summed E-state index contributed by atoms with van der Waals surface area (Å²) < 4.78 is 13.0. The minimum atomic E-state index is -0.458. The van der Waals surface area contributed by atoms with Crippen LogP contribution in [0.4, 0.5) is 4.39 Å². The van der Waals surface area contributed by atoms with Crippen molar-refractivity contribution in [2.75, 3.05) is 0 Å². The first-order valence-electron chi connectivity index (χ1n) is 4.05. The van der Waals surface area contributed by atoms with Gasteiger partial charge >= 0.3 is 0 Å². The molecule has 0 aliphatic heterocycles. The smallest absolute Gasteiger partial charge is 0.162 e. The normalized spacial score (nSPS) is 9.69. The molecule has 1 aromatic rings. The Kier molecular flexibility index (Phi) is 2.96. The van der Waals surface area contributed by atoms with E-state index in [4.69, 9.17) is 0 Å². The summed E-state index contributed by atoms with van der Waals surface area (Å²) in [5.74, 6) is -0.705. The van der Waals surface area contributed by atoms with Crippen LogP contribution in [0.2, 0.25) is 0 Å². The number of allylic oxidation sites excluding steroid dienone is 1. The molecule has 0 aromatic heterocycles. The Morgan fingerprint density at radius 2 is 2.31 bits per heavy atom. The third-order valence-corrected chi connectivity index (χ3v) is 1.79. The molecule has 68 valence electrons. The van der Waals surface area contributed by atoms with Gasteiger partial charge in [-0.3, -0.25) is 4.79 Å². The molecular formula is C11H11FO. The topological polar surface area (TPSA) is 17.1 Å². The number of ketones is 1. The predicted molar refractivity (Wildman–Crippen MR) is 50.3 cm³/mol. The van der Waals surface area contributed by atoms with Gasteiger partial charge in [0.2, 0.25) is 0 Å². The van der Waals surface area contributed by atoms with Crippen LogP contribution in [-0.4, -0.2) is 5.78 Å². The van der Waals surface area contributed by atoms with Crippen molar-refractivity contribution in [2.24, 2.45) is 0 Å². The van der Waals surface area contributed by atoms with Crippen molar-refractivity contribution in [3.63, 3.8) is 0 Å². The van der Waals surface area contributed by atoms with Gasteiger partial charge in [0.1, 0.15) is 5.82 Å². The lowest BCUT2D eigenvalue weighted by Crippen LogP contribution is -1.98. The van der Waals surface area contributed by atoms with Crippen LogP contribution in [0.15, 0.2) is 30.9 Å². The van der Waals surface area contributed by atoms with E-state index < -0.39 is 5.82 Å². The van der Waals surface area contributed by atoms with Crippen LogP contribution >= 0.6 is 0 Å². The van der Waals surface area contributed by atoms with Crippen LogP contribution in [0.1, 0.15) is 22.8 Å². The van der Waals surface area contributed by atoms with Gasteiger partial charge in [-0.15, -0.1) is 6.58 Å². The van der Waals surface area contributed by atoms with E-state index in [1.807, 2.05) is 0 Å². The molecule has 0 amide bonds. The second-order valence-corrected chi connectivity index (χ2v) is 2.86. The first kappa shape index (κ1) is 9.65. The zero-order chi connectivity index (χ0) is 9.84. The minimum Gasteiger partial charge on any atom is -0.294 e. The van der Waals surface area contributed by atoms with Crippen LogP contribution in [0.25, 0.3) is 0 Å². The highest BCUT2D eigenvalue weighted by atomic mass is 19.1. The summed E-state index contributed by atoms with van der Waals surface area (Å²) in [6.07, 6.45) is 2.37. The molecule has 0 aliphatic carbocycles. The lowest BCUT2D eigenvalue weighted by molar-refractivity contribution is 0.101. The summed E-state index contributed by atoms with van der Waals surface area (Å²) in [6, 6.07) is 4.54. The van der Waals surface area contributed by atoms with Crippen molar-refractivity contribution in [3.8, 4) is 0 Å². The molecule has 0 saturated heterocycles. The van der Waals surface area contributed by atoms with Crippen LogP contribution in [-0.2, 0) is 6.42 Å². The molecule has 0 unspecified atom stereocenters. The number of rotatable bonds is 3. The molecule has 0 atom stereocenters. The molecule has 2 heteroatoms. The maximum Gasteiger partial charge on any atom is 0.162 e. The van der Waals surface area contributed by atoms with Crippen molar-refractivity contribution in [1.82, 2.24) is 0 Å². The fourth-order valence-corrected chi connectivity index (χ4v) is 1.14. The highest BCUT2D eigenvalue weighted by Gasteiger charge is 2.06. The lowest BCUT2D eigenvalue weighted by Gasteiger charge is -2.01. The van der Waals surface area contributed by atoms with Gasteiger partial charge in [-0.25, -0.2) is 4.39 Å². The zero-order valence-corrected chi connectivity index (χ0v) is 7.51. The number of halogens is 1. The quantitative estimate of drug-likeness (QED) is 0.513. The van der Waals surface area contributed by atoms with Crippen molar-refractivity contribution < 1.29 is 9.18 Å². The highest BCUT2D eigenvalue weighted by Crippen LogP contribution is 2.11. The average molecular weight is 178 g/mol. The Labute approximate surface area is 76.9 Å². The number of hydrogen-bond donors (Lipinski definition) is 0. The fraction of sp³-hybridized carbons (Fsp3) is 0.182. The molecule has 13 heavy (non-hydrogen) atoms. The van der Waals surface area contributed by atoms with Crippen LogP contribution in [0.5, 0.6) is 0 Å². The van der Waals surface area contributed by atoms with E-state index in [1.165, 1.54) is 13.0 Å². The van der Waals surface area contributed by atoms with E-state index in [0.717, 1.165) is 5.56 Å². The number of hydrogen-bond acceptors (Lipinski definition) is 1. The molecule has 0 fully saturated rings. The SMILES string of the molecule is C=CCc1ccc(F)c(C(C)=O)c1. The Morgan fingerprint density at radius 3 is 2.85 bits per heavy atom. The highest BCUT2D eigenvalue weighted by molar-refractivity contribution is 5.94. The van der Waals surface area contributed by atoms with Gasteiger partial charge in [0, 0.05) is 0 Å². The van der Waals surface area contributed by atoms with Gasteiger partial charge in [-0.1, -0.05) is 12.1 Å². The summed E-state index contributed by atoms with van der Waals surface area (Å²) in [4.78, 5) is 11.0. The van der Waals surface area contributed by atoms with Gasteiger partial charge in [0.05, 0.1) is 5.56 Å². The predicted octanol–water partition coefficient (Wildman–Crippen LogP) is 2.76. The largest absolute Gasteiger partial charge is 0.294 e. The van der Waals surface area contributed by atoms with E-state index >= 15 is 0 Å². The van der Waals surface area contributed by atoms with E-state index in [0.29, 0.717) is 6.42 Å². The molecule has 0 bridgehead atoms. The van der Waals surface area contributed by atoms with E-state index in [2.05, 4.69) is 6.58 Å². The molecule has 0 heterocycles. The van der Waals surface area contributed by atoms with Crippen molar-refractivity contribution in [1.29, 1.82) is 0 Å². The van der Waals surface area contributed by atoms with Crippen LogP contribution in [0, 0.1) is 5.82 Å². The summed E-state index contributed by atoms with van der Waals surface area (Å²) >= 11 is 0. The summed E-state index contributed by atoms with van der Waals surface area (Å²) in [6.45, 7) is 4.93. The van der Waals surface area contributed by atoms with Crippen molar-refractivity contribution in [2.45, 2.75) is 13.3 Å². The van der Waals surface area contributed by atoms with E-state index in [-0.39, 0.29) is 11.3 Å². The summed E-state index contributed by atoms with van der Waals surface area (Å²) in [5.41, 5.74) is 1.06. The summed E-state index contributed by atoms with van der Waals surface area (Å²) in [5, 5.41) is 0. The molecule has 0 spiro atoms. The molecule has 0 radical (unpaired) electrons. The second-order valence-electron chi connectivity index (χ2n) is 2.86. The van der Waals surface area contributed by atoms with Gasteiger partial charge in [0.15, 0.2) is 5.78 Å². The zero-order valence-electron chi connectivity index (χ0n) is 7.51. The maximum absolute atomic E-state index is 13.0. The standard InChI is InChI=1S/C11H11FO/c1-3-4-9-5-6-11(12)10(7-9)8(2)13/h3,5-7H,1,4H2,2H3. The first-order chi connectivity index (χ1) is 6.15. The molecule has 0 saturated carbocycles. The molecular weight excluding hydrogens is 167 g/mol. The Balaban J connectivity index is 3.10. The minimum absolute atomic E-state index is 0.152. The number of benzene rings is 1. The van der Waals surface area contributed by atoms with Gasteiger partial charge in [-0.05, 0) is 31.0 Å². The first-order valence-corrected chi connectivity index (χ1v) is 4.05. The van der Waals surface area contributed by atoms with Crippen LogP contribution < -0.4 is 0 Å². The Hall–Kier alpha value is -1.44. The van der Waals surface area contributed by atoms with Gasteiger partial charge in [-0.2, -0.15) is 0 Å². The number of Topliss-reactive ketones (excluding diaryl/α,β-unsaturated/α-hetero) is 1. The van der Waals surface area contributed by atoms with E-state index in [1.54, 1.807) is 18.2 Å².